The minimum Gasteiger partial charge on any atom is -0.348 e. The van der Waals surface area contributed by atoms with Crippen LogP contribution in [0.3, 0.4) is 0 Å². The summed E-state index contributed by atoms with van der Waals surface area (Å²) in [5.41, 5.74) is 2.91. The smallest absolute Gasteiger partial charge is 0.272 e. The van der Waals surface area contributed by atoms with Crippen LogP contribution in [0.15, 0.2) is 24.4 Å². The van der Waals surface area contributed by atoms with Gasteiger partial charge in [0.1, 0.15) is 5.69 Å². The van der Waals surface area contributed by atoms with Crippen molar-refractivity contribution in [3.8, 4) is 0 Å². The number of hydrogen-bond acceptors (Lipinski definition) is 5. The van der Waals surface area contributed by atoms with E-state index in [9.17, 15) is 14.4 Å². The molecule has 5 rings (SSSR count). The molecule has 0 saturated carbocycles. The predicted octanol–water partition coefficient (Wildman–Crippen LogP) is 3.70. The molecule has 0 bridgehead atoms. The van der Waals surface area contributed by atoms with Crippen molar-refractivity contribution < 1.29 is 14.4 Å². The van der Waals surface area contributed by atoms with E-state index >= 15 is 0 Å². The number of Topliss-reactive ketones (excluding diaryl/α,β-unsaturated/α-hetero) is 1. The Morgan fingerprint density at radius 1 is 1.14 bits per heavy atom. The van der Waals surface area contributed by atoms with Crippen LogP contribution in [0.2, 0.25) is 0 Å². The van der Waals surface area contributed by atoms with Gasteiger partial charge in [-0.25, -0.2) is 0 Å². The summed E-state index contributed by atoms with van der Waals surface area (Å²) in [6.45, 7) is 11.3. The van der Waals surface area contributed by atoms with Gasteiger partial charge < -0.3 is 10.2 Å². The van der Waals surface area contributed by atoms with Gasteiger partial charge in [0.2, 0.25) is 0 Å². The number of nitrogens with zero attached hydrogens (tertiary/aromatic N) is 4. The number of fused-ring (bicyclic) bond motifs is 2. The number of carbonyl (C=O) groups excluding carboxylic acids is 3. The van der Waals surface area contributed by atoms with E-state index in [2.05, 4.69) is 41.4 Å². The van der Waals surface area contributed by atoms with Crippen molar-refractivity contribution in [2.45, 2.75) is 71.9 Å². The highest BCUT2D eigenvalue weighted by atomic mass is 16.2. The van der Waals surface area contributed by atoms with Gasteiger partial charge in [-0.3, -0.25) is 24.2 Å². The molecule has 2 aromatic heterocycles. The van der Waals surface area contributed by atoms with Crippen LogP contribution >= 0.6 is 0 Å². The van der Waals surface area contributed by atoms with E-state index in [0.29, 0.717) is 47.4 Å². The molecule has 1 spiro atoms. The molecule has 3 heterocycles. The van der Waals surface area contributed by atoms with Gasteiger partial charge in [-0.05, 0) is 77.5 Å². The Hall–Kier alpha value is -3.49. The van der Waals surface area contributed by atoms with Crippen molar-refractivity contribution in [2.24, 2.45) is 5.41 Å². The maximum atomic E-state index is 13.3. The van der Waals surface area contributed by atoms with Gasteiger partial charge in [0.15, 0.2) is 11.5 Å². The van der Waals surface area contributed by atoms with E-state index in [1.54, 1.807) is 18.2 Å². The Morgan fingerprint density at radius 2 is 1.86 bits per heavy atom. The number of H-pyrrole nitrogens is 1. The molecule has 36 heavy (non-hydrogen) atoms. The maximum Gasteiger partial charge on any atom is 0.272 e. The number of ketones is 1. The van der Waals surface area contributed by atoms with E-state index in [1.165, 1.54) is 0 Å². The SMILES string of the molecule is CC(C)NC(=O)c1n[nH]c2cc(C(=O)N3CCC4(CC3)CC(=O)c3nn(C(C)(C)C)cc3C4)ccc12. The van der Waals surface area contributed by atoms with Crippen molar-refractivity contribution in [1.82, 2.24) is 30.2 Å². The molecule has 1 aromatic carbocycles. The summed E-state index contributed by atoms with van der Waals surface area (Å²) in [7, 11) is 0. The topological polar surface area (TPSA) is 113 Å². The van der Waals surface area contributed by atoms with Crippen LogP contribution in [0.4, 0.5) is 0 Å². The number of carbonyl (C=O) groups is 3. The molecule has 2 N–H and O–H groups in total. The lowest BCUT2D eigenvalue weighted by Crippen LogP contribution is -2.46. The Morgan fingerprint density at radius 3 is 2.53 bits per heavy atom. The summed E-state index contributed by atoms with van der Waals surface area (Å²) in [5, 5.41) is 15.2. The molecule has 0 unspecified atom stereocenters. The van der Waals surface area contributed by atoms with Crippen LogP contribution in [0.1, 0.15) is 90.8 Å². The molecule has 2 amide bonds. The number of nitrogens with one attached hydrogen (secondary N) is 2. The zero-order valence-electron chi connectivity index (χ0n) is 21.6. The van der Waals surface area contributed by atoms with Crippen LogP contribution < -0.4 is 5.32 Å². The Balaban J connectivity index is 1.29. The summed E-state index contributed by atoms with van der Waals surface area (Å²) >= 11 is 0. The summed E-state index contributed by atoms with van der Waals surface area (Å²) in [6, 6.07) is 5.31. The first-order chi connectivity index (χ1) is 17.0. The standard InChI is InChI=1S/C27H34N6O3/c1-16(2)28-24(35)23-19-7-6-17(12-20(19)29-30-23)25(36)32-10-8-27(9-11-32)13-18-15-33(26(3,4)5)31-22(18)21(34)14-27/h6-7,12,15-16H,8-11,13-14H2,1-5H3,(H,28,35)(H,29,30). The Kier molecular flexibility index (Phi) is 5.76. The fourth-order valence-corrected chi connectivity index (χ4v) is 5.38. The molecule has 3 aromatic rings. The van der Waals surface area contributed by atoms with E-state index in [1.807, 2.05) is 29.6 Å². The highest BCUT2D eigenvalue weighted by Crippen LogP contribution is 2.43. The van der Waals surface area contributed by atoms with Crippen molar-refractivity contribution in [3.05, 3.63) is 46.9 Å². The van der Waals surface area contributed by atoms with Crippen LogP contribution in [0.25, 0.3) is 10.9 Å². The predicted molar refractivity (Wildman–Crippen MR) is 136 cm³/mol. The zero-order valence-corrected chi connectivity index (χ0v) is 21.6. The number of aromatic amines is 1. The number of aromatic nitrogens is 4. The fraction of sp³-hybridized carbons (Fsp3) is 0.519. The van der Waals surface area contributed by atoms with Gasteiger partial charge in [-0.1, -0.05) is 0 Å². The zero-order chi connectivity index (χ0) is 25.8. The molecular weight excluding hydrogens is 456 g/mol. The van der Waals surface area contributed by atoms with Gasteiger partial charge in [-0.2, -0.15) is 10.2 Å². The number of rotatable bonds is 3. The van der Waals surface area contributed by atoms with E-state index in [4.69, 9.17) is 0 Å². The highest BCUT2D eigenvalue weighted by molar-refractivity contribution is 6.06. The number of benzene rings is 1. The third-order valence-electron chi connectivity index (χ3n) is 7.40. The molecule has 0 atom stereocenters. The Bertz CT molecular complexity index is 1350. The summed E-state index contributed by atoms with van der Waals surface area (Å²) < 4.78 is 1.90. The first-order valence-corrected chi connectivity index (χ1v) is 12.7. The fourth-order valence-electron chi connectivity index (χ4n) is 5.38. The molecule has 2 aliphatic rings. The van der Waals surface area contributed by atoms with Gasteiger partial charge in [0.25, 0.3) is 11.8 Å². The van der Waals surface area contributed by atoms with E-state index in [-0.39, 0.29) is 34.6 Å². The van der Waals surface area contributed by atoms with Crippen LogP contribution in [-0.4, -0.2) is 61.6 Å². The van der Waals surface area contributed by atoms with Gasteiger partial charge in [0, 0.05) is 48.3 Å². The van der Waals surface area contributed by atoms with E-state index < -0.39 is 0 Å². The number of hydrogen-bond donors (Lipinski definition) is 2. The third kappa shape index (κ3) is 4.31. The second kappa shape index (κ2) is 8.57. The number of likely N-dealkylation sites (tertiary alicyclic amines) is 1. The van der Waals surface area contributed by atoms with Gasteiger partial charge in [-0.15, -0.1) is 0 Å². The lowest BCUT2D eigenvalue weighted by atomic mass is 9.67. The lowest BCUT2D eigenvalue weighted by molar-refractivity contribution is 0.0519. The minimum atomic E-state index is -0.241. The molecule has 1 aliphatic carbocycles. The van der Waals surface area contributed by atoms with Crippen molar-refractivity contribution >= 4 is 28.5 Å². The average Bonchev–Trinajstić information content (AvgIpc) is 3.43. The molecule has 0 radical (unpaired) electrons. The maximum absolute atomic E-state index is 13.3. The lowest BCUT2D eigenvalue weighted by Gasteiger charge is -2.43. The summed E-state index contributed by atoms with van der Waals surface area (Å²) in [6.07, 6.45) is 4.92. The second-order valence-electron chi connectivity index (χ2n) is 11.6. The molecule has 9 heteroatoms. The highest BCUT2D eigenvalue weighted by Gasteiger charge is 2.43. The Labute approximate surface area is 210 Å². The molecule has 190 valence electrons. The first kappa shape index (κ1) is 24.2. The van der Waals surface area contributed by atoms with Crippen LogP contribution in [0.5, 0.6) is 0 Å². The molecular formula is C27H34N6O3. The minimum absolute atomic E-state index is 0.00760. The van der Waals surface area contributed by atoms with Crippen LogP contribution in [-0.2, 0) is 12.0 Å². The quantitative estimate of drug-likeness (QED) is 0.581. The number of piperidine rings is 1. The first-order valence-electron chi connectivity index (χ1n) is 12.7. The second-order valence-corrected chi connectivity index (χ2v) is 11.6. The van der Waals surface area contributed by atoms with Gasteiger partial charge >= 0.3 is 0 Å². The van der Waals surface area contributed by atoms with E-state index in [0.717, 1.165) is 24.8 Å². The molecule has 9 nitrogen and oxygen atoms in total. The molecule has 1 saturated heterocycles. The van der Waals surface area contributed by atoms with Crippen molar-refractivity contribution in [2.75, 3.05) is 13.1 Å². The van der Waals surface area contributed by atoms with Gasteiger partial charge in [0.05, 0.1) is 11.1 Å². The summed E-state index contributed by atoms with van der Waals surface area (Å²) in [4.78, 5) is 40.5. The van der Waals surface area contributed by atoms with Crippen molar-refractivity contribution in [1.29, 1.82) is 0 Å². The number of amides is 2. The largest absolute Gasteiger partial charge is 0.348 e. The molecule has 1 aliphatic heterocycles. The van der Waals surface area contributed by atoms with Crippen LogP contribution in [0, 0.1) is 5.41 Å². The average molecular weight is 491 g/mol. The summed E-state index contributed by atoms with van der Waals surface area (Å²) in [5.74, 6) is -0.172. The molecule has 1 fully saturated rings. The monoisotopic (exact) mass is 490 g/mol. The normalized spacial score (nSPS) is 17.6. The van der Waals surface area contributed by atoms with Crippen molar-refractivity contribution in [3.63, 3.8) is 0 Å². The third-order valence-corrected chi connectivity index (χ3v) is 7.40.